The molecule has 4 heterocycles. The summed E-state index contributed by atoms with van der Waals surface area (Å²) in [4.78, 5) is 24.3. The average molecular weight is 413 g/mol. The van der Waals surface area contributed by atoms with E-state index < -0.39 is 0 Å². The van der Waals surface area contributed by atoms with Crippen LogP contribution < -0.4 is 0 Å². The van der Waals surface area contributed by atoms with Crippen molar-refractivity contribution < 1.29 is 19.0 Å². The largest absolute Gasteiger partial charge is 0.461 e. The van der Waals surface area contributed by atoms with Gasteiger partial charge in [0.05, 0.1) is 25.5 Å². The number of H-pyrrole nitrogens is 1. The second kappa shape index (κ2) is 7.51. The van der Waals surface area contributed by atoms with E-state index in [0.29, 0.717) is 30.7 Å². The van der Waals surface area contributed by atoms with Crippen LogP contribution in [0.3, 0.4) is 0 Å². The number of fused-ring (bicyclic) bond motifs is 1. The lowest BCUT2D eigenvalue weighted by Crippen LogP contribution is -2.34. The third-order valence-corrected chi connectivity index (χ3v) is 6.64. The molecule has 0 amide bonds. The highest BCUT2D eigenvalue weighted by atomic mass is 32.1. The summed E-state index contributed by atoms with van der Waals surface area (Å²) in [5.41, 5.74) is 3.77. The van der Waals surface area contributed by atoms with E-state index in [1.54, 1.807) is 6.92 Å². The molecule has 8 heteroatoms. The number of hydrogen-bond acceptors (Lipinski definition) is 7. The third kappa shape index (κ3) is 3.45. The molecule has 2 aliphatic rings. The maximum atomic E-state index is 11.9. The van der Waals surface area contributed by atoms with Gasteiger partial charge in [0.25, 0.3) is 0 Å². The van der Waals surface area contributed by atoms with Gasteiger partial charge in [0.1, 0.15) is 5.65 Å². The molecule has 0 atom stereocenters. The molecular weight excluding hydrogens is 390 g/mol. The minimum atomic E-state index is -0.380. The van der Waals surface area contributed by atoms with E-state index in [-0.39, 0.29) is 11.8 Å². The number of esters is 1. The van der Waals surface area contributed by atoms with E-state index in [4.69, 9.17) is 14.2 Å². The third-order valence-electron chi connectivity index (χ3n) is 5.81. The number of nitrogens with zero attached hydrogens (tertiary/aromatic N) is 2. The number of thiazole rings is 1. The van der Waals surface area contributed by atoms with Crippen molar-refractivity contribution in [2.45, 2.75) is 44.3 Å². The first-order valence-corrected chi connectivity index (χ1v) is 10.9. The maximum absolute atomic E-state index is 11.9. The quantitative estimate of drug-likeness (QED) is 0.643. The van der Waals surface area contributed by atoms with Gasteiger partial charge in [0.2, 0.25) is 5.01 Å². The van der Waals surface area contributed by atoms with Crippen molar-refractivity contribution in [3.05, 3.63) is 34.4 Å². The lowest BCUT2D eigenvalue weighted by Gasteiger charge is -2.35. The Hall–Kier alpha value is -2.29. The minimum absolute atomic E-state index is 0.340. The van der Waals surface area contributed by atoms with Gasteiger partial charge in [-0.1, -0.05) is 0 Å². The maximum Gasteiger partial charge on any atom is 0.367 e. The van der Waals surface area contributed by atoms with Crippen LogP contribution in [-0.2, 0) is 14.2 Å². The monoisotopic (exact) mass is 413 g/mol. The molecule has 0 bridgehead atoms. The summed E-state index contributed by atoms with van der Waals surface area (Å²) in [6.45, 7) is 3.53. The fourth-order valence-corrected chi connectivity index (χ4v) is 5.02. The Balaban J connectivity index is 1.40. The predicted octanol–water partition coefficient (Wildman–Crippen LogP) is 4.26. The lowest BCUT2D eigenvalue weighted by atomic mass is 9.81. The first kappa shape index (κ1) is 18.7. The first-order valence-electron chi connectivity index (χ1n) is 10.1. The van der Waals surface area contributed by atoms with E-state index in [1.165, 1.54) is 16.9 Å². The number of pyridine rings is 1. The summed E-state index contributed by atoms with van der Waals surface area (Å²) in [5, 5.41) is 3.28. The van der Waals surface area contributed by atoms with Gasteiger partial charge in [-0.25, -0.2) is 14.8 Å². The molecule has 1 aliphatic carbocycles. The average Bonchev–Trinajstić information content (AvgIpc) is 3.48. The fourth-order valence-electron chi connectivity index (χ4n) is 4.32. The summed E-state index contributed by atoms with van der Waals surface area (Å²) in [6.07, 6.45) is 7.76. The molecule has 1 aliphatic heterocycles. The Kier molecular flexibility index (Phi) is 4.85. The molecule has 0 unspecified atom stereocenters. The smallest absolute Gasteiger partial charge is 0.367 e. The van der Waals surface area contributed by atoms with Crippen LogP contribution in [-0.4, -0.2) is 46.5 Å². The zero-order valence-electron chi connectivity index (χ0n) is 16.3. The molecule has 0 aromatic carbocycles. The molecule has 5 rings (SSSR count). The molecule has 0 radical (unpaired) electrons. The molecule has 1 saturated carbocycles. The van der Waals surface area contributed by atoms with E-state index >= 15 is 0 Å². The Morgan fingerprint density at radius 2 is 2.14 bits per heavy atom. The van der Waals surface area contributed by atoms with Crippen molar-refractivity contribution in [2.24, 2.45) is 0 Å². The highest BCUT2D eigenvalue weighted by molar-refractivity contribution is 7.11. The molecule has 29 heavy (non-hydrogen) atoms. The number of nitrogens with one attached hydrogen (secondary N) is 1. The van der Waals surface area contributed by atoms with Crippen LogP contribution in [0.25, 0.3) is 22.3 Å². The number of aromatic amines is 1. The number of carbonyl (C=O) groups is 1. The van der Waals surface area contributed by atoms with Gasteiger partial charge in [-0.2, -0.15) is 0 Å². The number of ether oxygens (including phenoxy) is 3. The number of aromatic nitrogens is 3. The Bertz CT molecular complexity index is 1030. The molecule has 3 aromatic rings. The minimum Gasteiger partial charge on any atom is -0.461 e. The van der Waals surface area contributed by atoms with Gasteiger partial charge in [0.15, 0.2) is 5.79 Å². The van der Waals surface area contributed by atoms with Crippen molar-refractivity contribution in [2.75, 3.05) is 19.8 Å². The van der Waals surface area contributed by atoms with Gasteiger partial charge < -0.3 is 19.2 Å². The zero-order chi connectivity index (χ0) is 19.8. The van der Waals surface area contributed by atoms with Crippen molar-refractivity contribution >= 4 is 28.3 Å². The van der Waals surface area contributed by atoms with Crippen LogP contribution in [0.5, 0.6) is 0 Å². The van der Waals surface area contributed by atoms with Crippen molar-refractivity contribution in [1.29, 1.82) is 0 Å². The topological polar surface area (TPSA) is 86.3 Å². The molecule has 2 fully saturated rings. The van der Waals surface area contributed by atoms with Gasteiger partial charge in [0, 0.05) is 41.6 Å². The Labute approximate surface area is 172 Å². The highest BCUT2D eigenvalue weighted by Crippen LogP contribution is 2.43. The summed E-state index contributed by atoms with van der Waals surface area (Å²) in [5.74, 6) is -0.286. The van der Waals surface area contributed by atoms with E-state index in [0.717, 1.165) is 48.0 Å². The van der Waals surface area contributed by atoms with Gasteiger partial charge in [-0.15, -0.1) is 11.3 Å². The molecule has 7 nitrogen and oxygen atoms in total. The summed E-state index contributed by atoms with van der Waals surface area (Å²) in [6, 6.07) is 2.20. The van der Waals surface area contributed by atoms with Crippen LogP contribution in [0.2, 0.25) is 0 Å². The normalized spacial score (nSPS) is 19.2. The first-order chi connectivity index (χ1) is 14.2. The van der Waals surface area contributed by atoms with Crippen LogP contribution in [0, 0.1) is 0 Å². The van der Waals surface area contributed by atoms with Crippen LogP contribution in [0.1, 0.15) is 53.9 Å². The molecule has 152 valence electrons. The summed E-state index contributed by atoms with van der Waals surface area (Å²) in [7, 11) is 0. The predicted molar refractivity (Wildman–Crippen MR) is 109 cm³/mol. The second-order valence-corrected chi connectivity index (χ2v) is 8.37. The SMILES string of the molecule is CCOC(=O)c1nc(-c2c[nH]c3ncc(C4CCC5(CC4)OCCO5)cc23)cs1. The van der Waals surface area contributed by atoms with Crippen LogP contribution in [0.4, 0.5) is 0 Å². The van der Waals surface area contributed by atoms with Crippen molar-refractivity contribution in [1.82, 2.24) is 15.0 Å². The zero-order valence-corrected chi connectivity index (χ0v) is 17.1. The van der Waals surface area contributed by atoms with Gasteiger partial charge >= 0.3 is 5.97 Å². The van der Waals surface area contributed by atoms with E-state index in [9.17, 15) is 4.79 Å². The number of rotatable bonds is 4. The Morgan fingerprint density at radius 1 is 1.34 bits per heavy atom. The molecular formula is C21H23N3O4S. The molecule has 1 spiro atoms. The summed E-state index contributed by atoms with van der Waals surface area (Å²) >= 11 is 1.30. The summed E-state index contributed by atoms with van der Waals surface area (Å²) < 4.78 is 16.8. The van der Waals surface area contributed by atoms with Crippen LogP contribution >= 0.6 is 11.3 Å². The van der Waals surface area contributed by atoms with Crippen molar-refractivity contribution in [3.8, 4) is 11.3 Å². The second-order valence-electron chi connectivity index (χ2n) is 7.51. The fraction of sp³-hybridized carbons (Fsp3) is 0.476. The molecule has 1 N–H and O–H groups in total. The Morgan fingerprint density at radius 3 is 2.90 bits per heavy atom. The van der Waals surface area contributed by atoms with Gasteiger partial charge in [-0.3, -0.25) is 0 Å². The van der Waals surface area contributed by atoms with E-state index in [2.05, 4.69) is 21.0 Å². The molecule has 3 aromatic heterocycles. The van der Waals surface area contributed by atoms with Crippen LogP contribution in [0.15, 0.2) is 23.8 Å². The van der Waals surface area contributed by atoms with E-state index in [1.807, 2.05) is 17.8 Å². The van der Waals surface area contributed by atoms with Gasteiger partial charge in [-0.05, 0) is 37.3 Å². The van der Waals surface area contributed by atoms with Crippen molar-refractivity contribution in [3.63, 3.8) is 0 Å². The molecule has 1 saturated heterocycles. The number of hydrogen-bond donors (Lipinski definition) is 1. The highest BCUT2D eigenvalue weighted by Gasteiger charge is 2.40. The number of carbonyl (C=O) groups excluding carboxylic acids is 1. The lowest BCUT2D eigenvalue weighted by molar-refractivity contribution is -0.178. The standard InChI is InChI=1S/C21H23N3O4S/c1-2-26-20(25)19-24-17(12-29-19)16-11-23-18-15(16)9-14(10-22-18)13-3-5-21(6-4-13)27-7-8-28-21/h9-13H,2-8H2,1H3,(H,22,23).